The zero-order chi connectivity index (χ0) is 25.8. The number of ether oxygens (including phenoxy) is 1. The second-order valence-corrected chi connectivity index (χ2v) is 9.51. The Morgan fingerprint density at radius 2 is 1.75 bits per heavy atom. The van der Waals surface area contributed by atoms with Crippen LogP contribution in [0.5, 0.6) is 5.88 Å². The van der Waals surface area contributed by atoms with Gasteiger partial charge in [0.2, 0.25) is 5.88 Å². The van der Waals surface area contributed by atoms with Gasteiger partial charge >= 0.3 is 0 Å². The first-order valence-corrected chi connectivity index (χ1v) is 12.8. The highest BCUT2D eigenvalue weighted by Crippen LogP contribution is 2.32. The van der Waals surface area contributed by atoms with Crippen molar-refractivity contribution in [1.29, 1.82) is 0 Å². The average molecular weight is 490 g/mol. The first-order chi connectivity index (χ1) is 17.3. The van der Waals surface area contributed by atoms with Crippen LogP contribution in [0.4, 0.5) is 0 Å². The van der Waals surface area contributed by atoms with Gasteiger partial charge in [-0.1, -0.05) is 62.4 Å². The van der Waals surface area contributed by atoms with Gasteiger partial charge in [-0.15, -0.1) is 0 Å². The molecule has 190 valence electrons. The van der Waals surface area contributed by atoms with Crippen molar-refractivity contribution in [3.63, 3.8) is 0 Å². The smallest absolute Gasteiger partial charge is 0.289 e. The van der Waals surface area contributed by atoms with Crippen molar-refractivity contribution < 1.29 is 14.6 Å². The molecule has 0 aliphatic carbocycles. The van der Waals surface area contributed by atoms with E-state index in [1.807, 2.05) is 64.1 Å². The topological polar surface area (TPSA) is 84.7 Å². The minimum Gasteiger partial charge on any atom is -0.493 e. The Bertz CT molecular complexity index is 1260. The van der Waals surface area contributed by atoms with Gasteiger partial charge in [0, 0.05) is 19.0 Å². The molecule has 1 aliphatic rings. The number of benzene rings is 2. The van der Waals surface area contributed by atoms with Gasteiger partial charge in [-0.2, -0.15) is 4.98 Å². The molecule has 1 amide bonds. The summed E-state index contributed by atoms with van der Waals surface area (Å²) >= 11 is 0. The maximum atomic E-state index is 13.6. The lowest BCUT2D eigenvalue weighted by Gasteiger charge is -2.23. The van der Waals surface area contributed by atoms with Crippen LogP contribution in [-0.4, -0.2) is 44.7 Å². The van der Waals surface area contributed by atoms with E-state index >= 15 is 0 Å². The molecule has 2 aromatic carbocycles. The summed E-state index contributed by atoms with van der Waals surface area (Å²) in [6.07, 6.45) is 2.14. The third-order valence-electron chi connectivity index (χ3n) is 6.83. The van der Waals surface area contributed by atoms with Crippen molar-refractivity contribution in [2.45, 2.75) is 65.6 Å². The van der Waals surface area contributed by atoms with E-state index in [2.05, 4.69) is 17.1 Å². The molecule has 1 saturated heterocycles. The van der Waals surface area contributed by atoms with Crippen LogP contribution in [0, 0.1) is 0 Å². The lowest BCUT2D eigenvalue weighted by molar-refractivity contribution is 0.0591. The molecule has 36 heavy (non-hydrogen) atoms. The van der Waals surface area contributed by atoms with Crippen LogP contribution in [0.25, 0.3) is 5.69 Å². The fraction of sp³-hybridized carbons (Fsp3) is 0.414. The number of likely N-dealkylation sites (tertiary alicyclic amines) is 1. The summed E-state index contributed by atoms with van der Waals surface area (Å²) in [5, 5.41) is 11.5. The molecule has 7 nitrogen and oxygen atoms in total. The monoisotopic (exact) mass is 489 g/mol. The summed E-state index contributed by atoms with van der Waals surface area (Å²) < 4.78 is 7.34. The van der Waals surface area contributed by atoms with E-state index in [0.717, 1.165) is 23.2 Å². The molecule has 4 rings (SSSR count). The number of hydrogen-bond donors (Lipinski definition) is 1. The Balaban J connectivity index is 1.81. The third-order valence-corrected chi connectivity index (χ3v) is 6.83. The van der Waals surface area contributed by atoms with Crippen LogP contribution >= 0.6 is 0 Å². The number of amides is 1. The first-order valence-electron chi connectivity index (χ1n) is 12.8. The number of nitrogens with zero attached hydrogens (tertiary/aromatic N) is 3. The SMILES string of the molecule is CCc1cccc(CC)c1-n1c(COC(C)C)nc(=O)c(C(=O)N2CC[C@H](c3ccccc3)C2)c1O. The van der Waals surface area contributed by atoms with Crippen molar-refractivity contribution in [3.8, 4) is 11.6 Å². The Kier molecular flexibility index (Phi) is 7.89. The predicted molar refractivity (Wildman–Crippen MR) is 140 cm³/mol. The fourth-order valence-electron chi connectivity index (χ4n) is 4.92. The number of carbonyl (C=O) groups excluding carboxylic acids is 1. The molecular formula is C29H35N3O4. The maximum absolute atomic E-state index is 13.6. The summed E-state index contributed by atoms with van der Waals surface area (Å²) in [7, 11) is 0. The van der Waals surface area contributed by atoms with Gasteiger partial charge in [-0.3, -0.25) is 14.2 Å². The van der Waals surface area contributed by atoms with E-state index in [1.54, 1.807) is 9.47 Å². The molecule has 0 spiro atoms. The van der Waals surface area contributed by atoms with Crippen LogP contribution in [-0.2, 0) is 24.2 Å². The summed E-state index contributed by atoms with van der Waals surface area (Å²) in [5.74, 6) is -0.387. The largest absolute Gasteiger partial charge is 0.493 e. The van der Waals surface area contributed by atoms with Gasteiger partial charge < -0.3 is 14.7 Å². The molecule has 1 atom stereocenters. The molecule has 2 heterocycles. The molecule has 0 radical (unpaired) electrons. The lowest BCUT2D eigenvalue weighted by atomic mass is 9.99. The molecule has 1 fully saturated rings. The zero-order valence-electron chi connectivity index (χ0n) is 21.5. The van der Waals surface area contributed by atoms with Crippen LogP contribution < -0.4 is 5.56 Å². The van der Waals surface area contributed by atoms with Gasteiger partial charge in [-0.05, 0) is 49.8 Å². The standard InChI is InChI=1S/C29H35N3O4/c1-5-20-13-10-14-21(6-2)26(20)32-24(18-36-19(3)4)30-27(33)25(29(32)35)28(34)31-16-15-23(17-31)22-11-8-7-9-12-22/h7-14,19,23,35H,5-6,15-18H2,1-4H3/t23-/m0/s1. The number of rotatable bonds is 8. The van der Waals surface area contributed by atoms with Crippen molar-refractivity contribution in [3.05, 3.63) is 87.0 Å². The Hall–Kier alpha value is -3.45. The average Bonchev–Trinajstić information content (AvgIpc) is 3.38. The van der Waals surface area contributed by atoms with Crippen LogP contribution in [0.15, 0.2) is 53.3 Å². The number of aryl methyl sites for hydroxylation is 2. The summed E-state index contributed by atoms with van der Waals surface area (Å²) in [6, 6.07) is 16.0. The second-order valence-electron chi connectivity index (χ2n) is 9.51. The summed E-state index contributed by atoms with van der Waals surface area (Å²) in [4.78, 5) is 32.7. The Morgan fingerprint density at radius 1 is 1.08 bits per heavy atom. The van der Waals surface area contributed by atoms with Crippen LogP contribution in [0.1, 0.15) is 72.9 Å². The fourth-order valence-corrected chi connectivity index (χ4v) is 4.92. The molecule has 0 saturated carbocycles. The van der Waals surface area contributed by atoms with Crippen molar-refractivity contribution in [2.24, 2.45) is 0 Å². The molecule has 0 unspecified atom stereocenters. The van der Waals surface area contributed by atoms with Gasteiger partial charge in [0.05, 0.1) is 11.8 Å². The van der Waals surface area contributed by atoms with E-state index in [4.69, 9.17) is 4.74 Å². The van der Waals surface area contributed by atoms with Gasteiger partial charge in [0.15, 0.2) is 5.56 Å². The van der Waals surface area contributed by atoms with E-state index < -0.39 is 11.5 Å². The minimum atomic E-state index is -0.730. The lowest BCUT2D eigenvalue weighted by Crippen LogP contribution is -2.35. The zero-order valence-corrected chi connectivity index (χ0v) is 21.5. The highest BCUT2D eigenvalue weighted by molar-refractivity contribution is 5.96. The number of aromatic nitrogens is 2. The second kappa shape index (κ2) is 11.1. The third kappa shape index (κ3) is 5.07. The Morgan fingerprint density at radius 3 is 2.36 bits per heavy atom. The molecule has 7 heteroatoms. The summed E-state index contributed by atoms with van der Waals surface area (Å²) in [6.45, 7) is 8.91. The van der Waals surface area contributed by atoms with E-state index in [1.165, 1.54) is 5.56 Å². The van der Waals surface area contributed by atoms with Gasteiger partial charge in [0.1, 0.15) is 12.4 Å². The predicted octanol–water partition coefficient (Wildman–Crippen LogP) is 4.62. The highest BCUT2D eigenvalue weighted by atomic mass is 16.5. The maximum Gasteiger partial charge on any atom is 0.289 e. The van der Waals surface area contributed by atoms with Gasteiger partial charge in [-0.25, -0.2) is 0 Å². The quantitative estimate of drug-likeness (QED) is 0.499. The number of hydrogen-bond acceptors (Lipinski definition) is 5. The Labute approximate surface area is 212 Å². The number of para-hydroxylation sites is 1. The van der Waals surface area contributed by atoms with Crippen LogP contribution in [0.3, 0.4) is 0 Å². The molecule has 0 bridgehead atoms. The molecule has 3 aromatic rings. The van der Waals surface area contributed by atoms with Crippen molar-refractivity contribution in [1.82, 2.24) is 14.5 Å². The molecule has 1 aliphatic heterocycles. The van der Waals surface area contributed by atoms with E-state index in [0.29, 0.717) is 25.9 Å². The van der Waals surface area contributed by atoms with E-state index in [9.17, 15) is 14.7 Å². The minimum absolute atomic E-state index is 0.0376. The number of aromatic hydroxyl groups is 1. The first kappa shape index (κ1) is 25.6. The van der Waals surface area contributed by atoms with Gasteiger partial charge in [0.25, 0.3) is 11.5 Å². The van der Waals surface area contributed by atoms with E-state index in [-0.39, 0.29) is 35.9 Å². The highest BCUT2D eigenvalue weighted by Gasteiger charge is 2.33. The normalized spacial score (nSPS) is 15.6. The number of carbonyl (C=O) groups is 1. The molecule has 1 N–H and O–H groups in total. The summed E-state index contributed by atoms with van der Waals surface area (Å²) in [5.41, 5.74) is 2.89. The van der Waals surface area contributed by atoms with Crippen LogP contribution in [0.2, 0.25) is 0 Å². The molecule has 1 aromatic heterocycles. The molecular weight excluding hydrogens is 454 g/mol. The van der Waals surface area contributed by atoms with Crippen molar-refractivity contribution >= 4 is 5.91 Å². The van der Waals surface area contributed by atoms with Crippen molar-refractivity contribution in [2.75, 3.05) is 13.1 Å².